The van der Waals surface area contributed by atoms with Gasteiger partial charge in [-0.3, -0.25) is 24.6 Å². The first kappa shape index (κ1) is 24.0. The van der Waals surface area contributed by atoms with Crippen molar-refractivity contribution in [1.82, 2.24) is 9.88 Å². The number of rotatable bonds is 8. The lowest BCUT2D eigenvalue weighted by molar-refractivity contribution is -0.385. The van der Waals surface area contributed by atoms with Gasteiger partial charge in [-0.2, -0.15) is 0 Å². The van der Waals surface area contributed by atoms with Crippen LogP contribution in [0.3, 0.4) is 0 Å². The fourth-order valence-corrected chi connectivity index (χ4v) is 4.20. The van der Waals surface area contributed by atoms with Crippen molar-refractivity contribution in [2.75, 3.05) is 6.61 Å². The molecule has 0 N–H and O–H groups in total. The molecule has 1 fully saturated rings. The molecule has 178 valence electrons. The van der Waals surface area contributed by atoms with Gasteiger partial charge in [-0.15, -0.1) is 0 Å². The number of hydrogen-bond acceptors (Lipinski definition) is 8. The highest BCUT2D eigenvalue weighted by molar-refractivity contribution is 8.18. The van der Waals surface area contributed by atoms with E-state index in [0.717, 1.165) is 29.1 Å². The number of pyridine rings is 1. The van der Waals surface area contributed by atoms with Crippen molar-refractivity contribution in [3.05, 3.63) is 92.5 Å². The number of benzene rings is 2. The summed E-state index contributed by atoms with van der Waals surface area (Å²) in [7, 11) is 0. The first-order valence-electron chi connectivity index (χ1n) is 10.7. The normalized spacial score (nSPS) is 14.5. The molecule has 0 radical (unpaired) electrons. The van der Waals surface area contributed by atoms with Crippen LogP contribution in [0.1, 0.15) is 23.6 Å². The third kappa shape index (κ3) is 5.49. The molecular weight excluding hydrogens is 470 g/mol. The fourth-order valence-electron chi connectivity index (χ4n) is 3.37. The predicted molar refractivity (Wildman–Crippen MR) is 131 cm³/mol. The number of amides is 2. The molecule has 0 bridgehead atoms. The van der Waals surface area contributed by atoms with E-state index in [1.807, 2.05) is 38.1 Å². The summed E-state index contributed by atoms with van der Waals surface area (Å²) in [5, 5.41) is 10.5. The smallest absolute Gasteiger partial charge is 0.293 e. The molecule has 1 aliphatic rings. The maximum atomic E-state index is 12.9. The van der Waals surface area contributed by atoms with Crippen LogP contribution >= 0.6 is 11.8 Å². The molecule has 0 saturated carbocycles. The van der Waals surface area contributed by atoms with E-state index in [-0.39, 0.29) is 29.3 Å². The van der Waals surface area contributed by atoms with Crippen molar-refractivity contribution in [2.45, 2.75) is 20.4 Å². The van der Waals surface area contributed by atoms with E-state index in [1.54, 1.807) is 24.3 Å². The highest BCUT2D eigenvalue weighted by Gasteiger charge is 2.35. The van der Waals surface area contributed by atoms with E-state index in [9.17, 15) is 19.7 Å². The number of carbonyl (C=O) groups excluding carboxylic acids is 2. The van der Waals surface area contributed by atoms with Gasteiger partial charge in [-0.05, 0) is 60.5 Å². The van der Waals surface area contributed by atoms with E-state index in [2.05, 4.69) is 4.98 Å². The topological polar surface area (TPSA) is 112 Å². The number of carbonyl (C=O) groups is 2. The van der Waals surface area contributed by atoms with Crippen LogP contribution in [0.25, 0.3) is 6.08 Å². The van der Waals surface area contributed by atoms with Crippen LogP contribution < -0.4 is 9.47 Å². The van der Waals surface area contributed by atoms with Gasteiger partial charge >= 0.3 is 0 Å². The van der Waals surface area contributed by atoms with Crippen LogP contribution in [0.4, 0.5) is 10.5 Å². The molecule has 0 unspecified atom stereocenters. The summed E-state index contributed by atoms with van der Waals surface area (Å²) < 4.78 is 11.4. The summed E-state index contributed by atoms with van der Waals surface area (Å²) in [6.45, 7) is 4.33. The Labute approximate surface area is 205 Å². The van der Waals surface area contributed by atoms with Crippen LogP contribution in [0, 0.1) is 17.0 Å². The van der Waals surface area contributed by atoms with E-state index in [0.29, 0.717) is 28.6 Å². The lowest BCUT2D eigenvalue weighted by Gasteiger charge is -2.14. The molecular formula is C25H21N3O6S. The minimum Gasteiger partial charge on any atom is -0.490 e. The Balaban J connectivity index is 1.54. The molecule has 2 aromatic carbocycles. The molecule has 1 saturated heterocycles. The summed E-state index contributed by atoms with van der Waals surface area (Å²) in [6, 6.07) is 15.4. The van der Waals surface area contributed by atoms with Crippen LogP contribution in [0.5, 0.6) is 17.4 Å². The van der Waals surface area contributed by atoms with Crippen molar-refractivity contribution in [2.24, 2.45) is 0 Å². The van der Waals surface area contributed by atoms with E-state index < -0.39 is 4.92 Å². The van der Waals surface area contributed by atoms with E-state index in [1.165, 1.54) is 17.0 Å². The number of hydrogen-bond donors (Lipinski definition) is 0. The average Bonchev–Trinajstić information content (AvgIpc) is 3.10. The van der Waals surface area contributed by atoms with Gasteiger partial charge in [-0.25, -0.2) is 4.98 Å². The molecule has 1 aliphatic heterocycles. The Hall–Kier alpha value is -4.18. The summed E-state index contributed by atoms with van der Waals surface area (Å²) in [5.74, 6) is 0.580. The summed E-state index contributed by atoms with van der Waals surface area (Å²) in [4.78, 5) is 41.2. The molecule has 0 aliphatic carbocycles. The van der Waals surface area contributed by atoms with Crippen molar-refractivity contribution >= 4 is 34.7 Å². The molecule has 35 heavy (non-hydrogen) atoms. The van der Waals surface area contributed by atoms with Gasteiger partial charge in [0.25, 0.3) is 16.8 Å². The van der Waals surface area contributed by atoms with Gasteiger partial charge in [0.2, 0.25) is 5.88 Å². The van der Waals surface area contributed by atoms with Crippen LogP contribution in [-0.4, -0.2) is 32.6 Å². The molecule has 2 heterocycles. The SMILES string of the molecule is CCOc1cc(/C=C2\SC(=O)N(Cc3ccccc3C)C2=O)ccc1Oc1ccc([N+](=O)[O-])cn1. The molecule has 0 atom stereocenters. The number of imide groups is 1. The van der Waals surface area contributed by atoms with Crippen molar-refractivity contribution in [3.8, 4) is 17.4 Å². The molecule has 2 amide bonds. The average molecular weight is 492 g/mol. The van der Waals surface area contributed by atoms with E-state index in [4.69, 9.17) is 9.47 Å². The fraction of sp³-hybridized carbons (Fsp3) is 0.160. The van der Waals surface area contributed by atoms with Gasteiger partial charge in [-0.1, -0.05) is 30.3 Å². The van der Waals surface area contributed by atoms with Crippen LogP contribution in [-0.2, 0) is 11.3 Å². The number of nitro groups is 1. The minimum absolute atomic E-state index is 0.144. The van der Waals surface area contributed by atoms with Gasteiger partial charge in [0.05, 0.1) is 23.0 Å². The Morgan fingerprint density at radius 2 is 1.91 bits per heavy atom. The van der Waals surface area contributed by atoms with Crippen LogP contribution in [0.15, 0.2) is 65.7 Å². The number of aryl methyl sites for hydroxylation is 1. The van der Waals surface area contributed by atoms with Crippen molar-refractivity contribution < 1.29 is 24.0 Å². The third-order valence-electron chi connectivity index (χ3n) is 5.17. The number of aromatic nitrogens is 1. The molecule has 10 heteroatoms. The molecule has 9 nitrogen and oxygen atoms in total. The highest BCUT2D eigenvalue weighted by Crippen LogP contribution is 2.36. The maximum absolute atomic E-state index is 12.9. The standard InChI is InChI=1S/C25H21N3O6S/c1-3-33-21-12-17(8-10-20(21)34-23-11-9-19(14-26-23)28(31)32)13-22-24(29)27(25(30)35-22)15-18-7-5-4-6-16(18)2/h4-14H,3,15H2,1-2H3/b22-13-. The zero-order valence-corrected chi connectivity index (χ0v) is 19.8. The Bertz CT molecular complexity index is 1320. The third-order valence-corrected chi connectivity index (χ3v) is 6.08. The lowest BCUT2D eigenvalue weighted by atomic mass is 10.1. The first-order valence-corrected chi connectivity index (χ1v) is 11.5. The van der Waals surface area contributed by atoms with Crippen LogP contribution in [0.2, 0.25) is 0 Å². The zero-order chi connectivity index (χ0) is 24.9. The summed E-state index contributed by atoms with van der Waals surface area (Å²) in [6.07, 6.45) is 2.75. The van der Waals surface area contributed by atoms with E-state index >= 15 is 0 Å². The van der Waals surface area contributed by atoms with Crippen molar-refractivity contribution in [1.29, 1.82) is 0 Å². The van der Waals surface area contributed by atoms with Gasteiger partial charge < -0.3 is 9.47 Å². The Kier molecular flexibility index (Phi) is 7.11. The second-order valence-corrected chi connectivity index (χ2v) is 8.54. The predicted octanol–water partition coefficient (Wildman–Crippen LogP) is 5.73. The number of nitrogens with zero attached hydrogens (tertiary/aromatic N) is 3. The Morgan fingerprint density at radius 3 is 2.60 bits per heavy atom. The van der Waals surface area contributed by atoms with Gasteiger partial charge in [0, 0.05) is 12.1 Å². The largest absolute Gasteiger partial charge is 0.490 e. The molecule has 3 aromatic rings. The minimum atomic E-state index is -0.542. The van der Waals surface area contributed by atoms with Crippen molar-refractivity contribution in [3.63, 3.8) is 0 Å². The number of thioether (sulfide) groups is 1. The lowest BCUT2D eigenvalue weighted by Crippen LogP contribution is -2.27. The highest BCUT2D eigenvalue weighted by atomic mass is 32.2. The molecule has 1 aromatic heterocycles. The summed E-state index contributed by atoms with van der Waals surface area (Å²) >= 11 is 0.893. The van der Waals surface area contributed by atoms with Gasteiger partial charge in [0.15, 0.2) is 11.5 Å². The zero-order valence-electron chi connectivity index (χ0n) is 19.0. The quantitative estimate of drug-likeness (QED) is 0.223. The maximum Gasteiger partial charge on any atom is 0.293 e. The van der Waals surface area contributed by atoms with Gasteiger partial charge in [0.1, 0.15) is 6.20 Å². The summed E-state index contributed by atoms with van der Waals surface area (Å²) in [5.41, 5.74) is 2.43. The number of ether oxygens (including phenoxy) is 2. The second-order valence-electron chi connectivity index (χ2n) is 7.55. The first-order chi connectivity index (χ1) is 16.9. The molecule has 4 rings (SSSR count). The second kappa shape index (κ2) is 10.4. The monoisotopic (exact) mass is 491 g/mol. The Morgan fingerprint density at radius 1 is 1.11 bits per heavy atom. The molecule has 0 spiro atoms.